The Labute approximate surface area is 196 Å². The second-order valence-electron chi connectivity index (χ2n) is 11.1. The number of hydrogen-bond acceptors (Lipinski definition) is 1. The number of ether oxygens (including phenoxy) is 1. The van der Waals surface area contributed by atoms with Gasteiger partial charge in [-0.3, -0.25) is 0 Å². The van der Waals surface area contributed by atoms with Crippen molar-refractivity contribution in [2.24, 2.45) is 29.6 Å². The van der Waals surface area contributed by atoms with E-state index in [9.17, 15) is 8.78 Å². The molecule has 3 fully saturated rings. The Balaban J connectivity index is 1.20. The molecule has 2 atom stereocenters. The molecule has 2 saturated carbocycles. The Morgan fingerprint density at radius 1 is 0.750 bits per heavy atom. The summed E-state index contributed by atoms with van der Waals surface area (Å²) in [6.07, 6.45) is 26.3. The van der Waals surface area contributed by atoms with Crippen LogP contribution in [0.1, 0.15) is 116 Å². The van der Waals surface area contributed by atoms with Crippen molar-refractivity contribution < 1.29 is 13.5 Å². The number of allylic oxidation sites excluding steroid dienone is 3. The van der Waals surface area contributed by atoms with Crippen molar-refractivity contribution in [1.82, 2.24) is 0 Å². The van der Waals surface area contributed by atoms with Gasteiger partial charge in [0.05, 0.1) is 6.10 Å². The lowest BCUT2D eigenvalue weighted by molar-refractivity contribution is -0.0599. The van der Waals surface area contributed by atoms with Crippen molar-refractivity contribution in [1.29, 1.82) is 0 Å². The quantitative estimate of drug-likeness (QED) is 0.225. The summed E-state index contributed by atoms with van der Waals surface area (Å²) in [5.41, 5.74) is 0. The first-order valence-electron chi connectivity index (χ1n) is 13.9. The summed E-state index contributed by atoms with van der Waals surface area (Å²) < 4.78 is 30.6. The smallest absolute Gasteiger partial charge is 0.266 e. The molecule has 0 aromatic rings. The van der Waals surface area contributed by atoms with Crippen molar-refractivity contribution in [2.75, 3.05) is 6.61 Å². The first kappa shape index (κ1) is 25.9. The number of unbranched alkanes of at least 4 members (excludes halogenated alkanes) is 2. The second kappa shape index (κ2) is 14.5. The molecule has 1 heterocycles. The molecule has 1 saturated heterocycles. The highest BCUT2D eigenvalue weighted by atomic mass is 19.3. The van der Waals surface area contributed by atoms with Gasteiger partial charge in [0.25, 0.3) is 6.08 Å². The van der Waals surface area contributed by atoms with Crippen molar-refractivity contribution in [3.63, 3.8) is 0 Å². The minimum absolute atomic E-state index is 0.489. The molecule has 0 bridgehead atoms. The second-order valence-corrected chi connectivity index (χ2v) is 11.1. The minimum atomic E-state index is -1.52. The predicted molar refractivity (Wildman–Crippen MR) is 131 cm³/mol. The fourth-order valence-electron chi connectivity index (χ4n) is 6.70. The number of hydrogen-bond donors (Lipinski definition) is 0. The van der Waals surface area contributed by atoms with E-state index in [0.717, 1.165) is 55.1 Å². The molecular formula is C29H48F2O. The fourth-order valence-corrected chi connectivity index (χ4v) is 6.70. The molecule has 0 N–H and O–H groups in total. The van der Waals surface area contributed by atoms with E-state index in [1.54, 1.807) is 0 Å². The maximum absolute atomic E-state index is 12.1. The highest BCUT2D eigenvalue weighted by molar-refractivity contribution is 4.89. The average Bonchev–Trinajstić information content (AvgIpc) is 2.81. The molecule has 2 aliphatic carbocycles. The average molecular weight is 451 g/mol. The van der Waals surface area contributed by atoms with E-state index in [-0.39, 0.29) is 0 Å². The summed E-state index contributed by atoms with van der Waals surface area (Å²) in [4.78, 5) is 0. The summed E-state index contributed by atoms with van der Waals surface area (Å²) in [7, 11) is 0. The Kier molecular flexibility index (Phi) is 11.8. The van der Waals surface area contributed by atoms with Gasteiger partial charge in [0.15, 0.2) is 0 Å². The standard InChI is InChI=1S/C29H48F2O/c1-2-7-23-12-14-24(15-13-23)8-3-4-10-26-18-21-28(32-22-26)27-19-16-25(17-20-27)9-5-6-11-29(30)31/h2,7,11,23-28H,3-6,8-10,12-22H2,1H3/b7-2+. The van der Waals surface area contributed by atoms with Crippen LogP contribution in [-0.4, -0.2) is 12.7 Å². The molecule has 2 unspecified atom stereocenters. The molecule has 3 heteroatoms. The molecule has 0 spiro atoms. The minimum Gasteiger partial charge on any atom is -0.378 e. The van der Waals surface area contributed by atoms with Gasteiger partial charge in [-0.1, -0.05) is 50.7 Å². The molecular weight excluding hydrogens is 402 g/mol. The Morgan fingerprint density at radius 2 is 1.34 bits per heavy atom. The zero-order chi connectivity index (χ0) is 22.6. The van der Waals surface area contributed by atoms with Gasteiger partial charge in [-0.15, -0.1) is 0 Å². The lowest BCUT2D eigenvalue weighted by Crippen LogP contribution is -2.34. The Hall–Kier alpha value is -0.700. The third kappa shape index (κ3) is 9.27. The predicted octanol–water partition coefficient (Wildman–Crippen LogP) is 9.48. The van der Waals surface area contributed by atoms with Gasteiger partial charge in [-0.25, -0.2) is 0 Å². The zero-order valence-corrected chi connectivity index (χ0v) is 20.6. The van der Waals surface area contributed by atoms with E-state index in [4.69, 9.17) is 4.74 Å². The lowest BCUT2D eigenvalue weighted by atomic mass is 9.75. The van der Waals surface area contributed by atoms with Crippen LogP contribution in [0.25, 0.3) is 0 Å². The van der Waals surface area contributed by atoms with Crippen LogP contribution >= 0.6 is 0 Å². The normalized spacial score (nSPS) is 34.0. The molecule has 0 amide bonds. The summed E-state index contributed by atoms with van der Waals surface area (Å²) in [6.45, 7) is 3.14. The maximum Gasteiger partial charge on any atom is 0.266 e. The maximum atomic E-state index is 12.1. The topological polar surface area (TPSA) is 9.23 Å². The largest absolute Gasteiger partial charge is 0.378 e. The van der Waals surface area contributed by atoms with Crippen LogP contribution in [-0.2, 0) is 4.74 Å². The Bertz CT molecular complexity index is 544. The molecule has 1 aliphatic heterocycles. The SMILES string of the molecule is C/C=C/C1CCC(CCCCC2CCC(C3CCC(CCCC=C(F)F)CC3)OC2)CC1. The van der Waals surface area contributed by atoms with E-state index in [1.165, 1.54) is 89.9 Å². The molecule has 0 aromatic carbocycles. The Morgan fingerprint density at radius 3 is 1.94 bits per heavy atom. The van der Waals surface area contributed by atoms with Gasteiger partial charge in [-0.05, 0) is 113 Å². The summed E-state index contributed by atoms with van der Waals surface area (Å²) in [6, 6.07) is 0. The first-order valence-corrected chi connectivity index (χ1v) is 13.9. The van der Waals surface area contributed by atoms with Crippen LogP contribution in [0.3, 0.4) is 0 Å². The van der Waals surface area contributed by atoms with E-state index in [0.29, 0.717) is 12.5 Å². The highest BCUT2D eigenvalue weighted by Crippen LogP contribution is 2.38. The first-order chi connectivity index (χ1) is 15.6. The van der Waals surface area contributed by atoms with Crippen LogP contribution in [0.15, 0.2) is 24.3 Å². The van der Waals surface area contributed by atoms with Crippen molar-refractivity contribution >= 4 is 0 Å². The van der Waals surface area contributed by atoms with Gasteiger partial charge in [0.1, 0.15) is 0 Å². The molecule has 1 nitrogen and oxygen atoms in total. The van der Waals surface area contributed by atoms with Gasteiger partial charge >= 0.3 is 0 Å². The van der Waals surface area contributed by atoms with Gasteiger partial charge < -0.3 is 4.74 Å². The van der Waals surface area contributed by atoms with Gasteiger partial charge in [-0.2, -0.15) is 8.78 Å². The summed E-state index contributed by atoms with van der Waals surface area (Å²) in [5, 5.41) is 0. The van der Waals surface area contributed by atoms with Crippen LogP contribution in [0.5, 0.6) is 0 Å². The molecule has 3 aliphatic rings. The number of halogens is 2. The summed E-state index contributed by atoms with van der Waals surface area (Å²) >= 11 is 0. The van der Waals surface area contributed by atoms with Gasteiger partial charge in [0.2, 0.25) is 0 Å². The third-order valence-electron chi connectivity index (χ3n) is 8.77. The van der Waals surface area contributed by atoms with Crippen molar-refractivity contribution in [3.05, 3.63) is 24.3 Å². The third-order valence-corrected chi connectivity index (χ3v) is 8.77. The van der Waals surface area contributed by atoms with E-state index < -0.39 is 6.08 Å². The van der Waals surface area contributed by atoms with E-state index in [1.807, 2.05) is 0 Å². The molecule has 3 rings (SSSR count). The monoisotopic (exact) mass is 450 g/mol. The van der Waals surface area contributed by atoms with E-state index >= 15 is 0 Å². The van der Waals surface area contributed by atoms with Gasteiger partial charge in [0, 0.05) is 6.61 Å². The summed E-state index contributed by atoms with van der Waals surface area (Å²) in [5.74, 6) is 4.12. The number of rotatable bonds is 11. The lowest BCUT2D eigenvalue weighted by Gasteiger charge is -2.38. The molecule has 184 valence electrons. The highest BCUT2D eigenvalue weighted by Gasteiger charge is 2.31. The van der Waals surface area contributed by atoms with Crippen LogP contribution in [0.2, 0.25) is 0 Å². The van der Waals surface area contributed by atoms with Crippen molar-refractivity contribution in [3.8, 4) is 0 Å². The van der Waals surface area contributed by atoms with Crippen LogP contribution in [0.4, 0.5) is 8.78 Å². The van der Waals surface area contributed by atoms with Crippen LogP contribution < -0.4 is 0 Å². The van der Waals surface area contributed by atoms with Crippen molar-refractivity contribution in [2.45, 2.75) is 122 Å². The molecule has 32 heavy (non-hydrogen) atoms. The zero-order valence-electron chi connectivity index (χ0n) is 20.6. The van der Waals surface area contributed by atoms with Crippen LogP contribution in [0, 0.1) is 29.6 Å². The molecule has 0 radical (unpaired) electrons. The molecule has 0 aromatic heterocycles. The fraction of sp³-hybridized carbons (Fsp3) is 0.862. The van der Waals surface area contributed by atoms with E-state index in [2.05, 4.69) is 19.1 Å².